The van der Waals surface area contributed by atoms with Gasteiger partial charge < -0.3 is 20.5 Å². The quantitative estimate of drug-likeness (QED) is 0.746. The smallest absolute Gasteiger partial charge is 0.314 e. The molecule has 0 fully saturated rings. The number of aryl methyl sites for hydroxylation is 1. The summed E-state index contributed by atoms with van der Waals surface area (Å²) in [6.07, 6.45) is 2.83. The molecule has 2 amide bonds. The lowest BCUT2D eigenvalue weighted by atomic mass is 9.80. The molecule has 0 spiro atoms. The van der Waals surface area contributed by atoms with E-state index in [2.05, 4.69) is 16.7 Å². The molecule has 0 radical (unpaired) electrons. The van der Waals surface area contributed by atoms with Crippen molar-refractivity contribution < 1.29 is 14.6 Å². The van der Waals surface area contributed by atoms with Crippen molar-refractivity contribution in [1.29, 1.82) is 0 Å². The highest BCUT2D eigenvalue weighted by Crippen LogP contribution is 2.28. The number of carbonyl (C=O) groups is 1. The van der Waals surface area contributed by atoms with E-state index in [9.17, 15) is 9.90 Å². The fourth-order valence-electron chi connectivity index (χ4n) is 3.35. The van der Waals surface area contributed by atoms with E-state index in [1.807, 2.05) is 42.5 Å². The summed E-state index contributed by atoms with van der Waals surface area (Å²) in [6, 6.07) is 15.7. The maximum atomic E-state index is 12.0. The lowest BCUT2D eigenvalue weighted by molar-refractivity contribution is 0.0291. The van der Waals surface area contributed by atoms with E-state index < -0.39 is 5.60 Å². The van der Waals surface area contributed by atoms with E-state index >= 15 is 0 Å². The summed E-state index contributed by atoms with van der Waals surface area (Å²) in [6.45, 7) is 0.801. The molecule has 3 rings (SSSR count). The predicted octanol–water partition coefficient (Wildman–Crippen LogP) is 2.46. The van der Waals surface area contributed by atoms with Crippen molar-refractivity contribution in [2.24, 2.45) is 0 Å². The molecule has 26 heavy (non-hydrogen) atoms. The van der Waals surface area contributed by atoms with E-state index in [1.165, 1.54) is 11.1 Å². The van der Waals surface area contributed by atoms with Gasteiger partial charge in [0, 0.05) is 19.5 Å². The van der Waals surface area contributed by atoms with Crippen LogP contribution in [0.3, 0.4) is 0 Å². The predicted molar refractivity (Wildman–Crippen MR) is 102 cm³/mol. The van der Waals surface area contributed by atoms with Crippen LogP contribution in [-0.4, -0.2) is 36.9 Å². The Balaban J connectivity index is 1.41. The molecule has 0 heterocycles. The van der Waals surface area contributed by atoms with E-state index in [0.717, 1.165) is 24.2 Å². The Morgan fingerprint density at radius 1 is 1.12 bits per heavy atom. The van der Waals surface area contributed by atoms with Crippen LogP contribution in [0.2, 0.25) is 0 Å². The van der Waals surface area contributed by atoms with Crippen molar-refractivity contribution in [2.45, 2.75) is 31.3 Å². The summed E-state index contributed by atoms with van der Waals surface area (Å²) in [5, 5.41) is 16.4. The summed E-state index contributed by atoms with van der Waals surface area (Å²) >= 11 is 0. The molecule has 5 heteroatoms. The Morgan fingerprint density at radius 2 is 1.85 bits per heavy atom. The molecule has 3 N–H and O–H groups in total. The highest BCUT2D eigenvalue weighted by molar-refractivity contribution is 5.73. The Bertz CT molecular complexity index is 745. The first-order valence-corrected chi connectivity index (χ1v) is 9.02. The zero-order valence-corrected chi connectivity index (χ0v) is 15.1. The Hall–Kier alpha value is -2.53. The number of methoxy groups -OCH3 is 1. The van der Waals surface area contributed by atoms with Gasteiger partial charge in [-0.1, -0.05) is 36.4 Å². The maximum absolute atomic E-state index is 12.0. The van der Waals surface area contributed by atoms with Crippen LogP contribution in [-0.2, 0) is 19.3 Å². The third-order valence-corrected chi connectivity index (χ3v) is 4.93. The molecular weight excluding hydrogens is 328 g/mol. The number of urea groups is 1. The number of amides is 2. The number of benzene rings is 2. The van der Waals surface area contributed by atoms with Crippen LogP contribution in [0.15, 0.2) is 48.5 Å². The average molecular weight is 354 g/mol. The van der Waals surface area contributed by atoms with E-state index in [1.54, 1.807) is 7.11 Å². The second-order valence-electron chi connectivity index (χ2n) is 6.88. The van der Waals surface area contributed by atoms with Gasteiger partial charge in [0.25, 0.3) is 0 Å². The Labute approximate surface area is 154 Å². The largest absolute Gasteiger partial charge is 0.497 e. The van der Waals surface area contributed by atoms with Crippen LogP contribution in [0.1, 0.15) is 23.1 Å². The monoisotopic (exact) mass is 354 g/mol. The van der Waals surface area contributed by atoms with Gasteiger partial charge in [0.1, 0.15) is 5.75 Å². The fraction of sp³-hybridized carbons (Fsp3) is 0.381. The van der Waals surface area contributed by atoms with Crippen LogP contribution < -0.4 is 15.4 Å². The summed E-state index contributed by atoms with van der Waals surface area (Å²) in [5.74, 6) is 0.821. The van der Waals surface area contributed by atoms with Gasteiger partial charge in [0.15, 0.2) is 0 Å². The van der Waals surface area contributed by atoms with Crippen molar-refractivity contribution in [3.05, 3.63) is 65.2 Å². The molecule has 0 aliphatic heterocycles. The van der Waals surface area contributed by atoms with Crippen LogP contribution in [0, 0.1) is 0 Å². The minimum absolute atomic E-state index is 0.245. The number of fused-ring (bicyclic) bond motifs is 1. The minimum atomic E-state index is -0.873. The van der Waals surface area contributed by atoms with Crippen molar-refractivity contribution in [1.82, 2.24) is 10.6 Å². The van der Waals surface area contributed by atoms with Gasteiger partial charge in [-0.15, -0.1) is 0 Å². The SMILES string of the molecule is COc1ccc(CCNC(=O)NCC2(O)CCc3ccccc3C2)cc1. The number of rotatable bonds is 6. The molecule has 5 nitrogen and oxygen atoms in total. The summed E-state index contributed by atoms with van der Waals surface area (Å²) in [7, 11) is 1.64. The van der Waals surface area contributed by atoms with Gasteiger partial charge >= 0.3 is 6.03 Å². The number of ether oxygens (including phenoxy) is 1. The molecule has 1 atom stereocenters. The van der Waals surface area contributed by atoms with Crippen LogP contribution in [0.4, 0.5) is 4.79 Å². The van der Waals surface area contributed by atoms with Crippen LogP contribution in [0.5, 0.6) is 5.75 Å². The molecule has 0 saturated carbocycles. The second kappa shape index (κ2) is 8.23. The standard InChI is InChI=1S/C21H26N2O3/c1-26-19-8-6-16(7-9-19)11-13-22-20(24)23-15-21(25)12-10-17-4-2-3-5-18(17)14-21/h2-9,25H,10-15H2,1H3,(H2,22,23,24). The van der Waals surface area contributed by atoms with Gasteiger partial charge in [0.05, 0.1) is 12.7 Å². The number of hydrogen-bond acceptors (Lipinski definition) is 3. The normalized spacial score (nSPS) is 18.7. The summed E-state index contributed by atoms with van der Waals surface area (Å²) in [5.41, 5.74) is 2.72. The molecule has 138 valence electrons. The molecule has 1 unspecified atom stereocenters. The first-order chi connectivity index (χ1) is 12.6. The highest BCUT2D eigenvalue weighted by atomic mass is 16.5. The molecular formula is C21H26N2O3. The zero-order chi connectivity index (χ0) is 18.4. The maximum Gasteiger partial charge on any atom is 0.314 e. The first kappa shape index (κ1) is 18.3. The van der Waals surface area contributed by atoms with E-state index in [-0.39, 0.29) is 12.6 Å². The molecule has 0 bridgehead atoms. The van der Waals surface area contributed by atoms with Gasteiger partial charge in [0.2, 0.25) is 0 Å². The molecule has 0 saturated heterocycles. The van der Waals surface area contributed by atoms with Gasteiger partial charge in [-0.05, 0) is 48.1 Å². The van der Waals surface area contributed by atoms with Crippen molar-refractivity contribution >= 4 is 6.03 Å². The first-order valence-electron chi connectivity index (χ1n) is 9.02. The van der Waals surface area contributed by atoms with Crippen molar-refractivity contribution in [2.75, 3.05) is 20.2 Å². The number of aliphatic hydroxyl groups is 1. The second-order valence-corrected chi connectivity index (χ2v) is 6.88. The number of carbonyl (C=O) groups excluding carboxylic acids is 1. The fourth-order valence-corrected chi connectivity index (χ4v) is 3.35. The van der Waals surface area contributed by atoms with Crippen molar-refractivity contribution in [3.8, 4) is 5.75 Å². The van der Waals surface area contributed by atoms with E-state index in [4.69, 9.17) is 4.74 Å². The number of nitrogens with one attached hydrogen (secondary N) is 2. The zero-order valence-electron chi connectivity index (χ0n) is 15.1. The van der Waals surface area contributed by atoms with Crippen LogP contribution in [0.25, 0.3) is 0 Å². The molecule has 1 aliphatic carbocycles. The van der Waals surface area contributed by atoms with Gasteiger partial charge in [-0.3, -0.25) is 0 Å². The van der Waals surface area contributed by atoms with Gasteiger partial charge in [-0.25, -0.2) is 4.79 Å². The highest BCUT2D eigenvalue weighted by Gasteiger charge is 2.32. The van der Waals surface area contributed by atoms with E-state index in [0.29, 0.717) is 19.4 Å². The lowest BCUT2D eigenvalue weighted by Crippen LogP contribution is -2.49. The Kier molecular flexibility index (Phi) is 5.78. The van der Waals surface area contributed by atoms with Gasteiger partial charge in [-0.2, -0.15) is 0 Å². The lowest BCUT2D eigenvalue weighted by Gasteiger charge is -2.33. The Morgan fingerprint density at radius 3 is 2.58 bits per heavy atom. The molecule has 0 aromatic heterocycles. The molecule has 1 aliphatic rings. The average Bonchev–Trinajstić information content (AvgIpc) is 2.67. The molecule has 2 aromatic carbocycles. The number of hydrogen-bond donors (Lipinski definition) is 3. The third-order valence-electron chi connectivity index (χ3n) is 4.93. The topological polar surface area (TPSA) is 70.6 Å². The summed E-state index contributed by atoms with van der Waals surface area (Å²) in [4.78, 5) is 12.0. The third kappa shape index (κ3) is 4.76. The summed E-state index contributed by atoms with van der Waals surface area (Å²) < 4.78 is 5.13. The van der Waals surface area contributed by atoms with Crippen molar-refractivity contribution in [3.63, 3.8) is 0 Å². The van der Waals surface area contributed by atoms with Crippen LogP contribution >= 0.6 is 0 Å². The minimum Gasteiger partial charge on any atom is -0.497 e. The molecule has 2 aromatic rings.